The fourth-order valence-corrected chi connectivity index (χ4v) is 3.33. The Kier molecular flexibility index (Phi) is 12.2. The number of aliphatic imine (C=N–C) groups is 1. The van der Waals surface area contributed by atoms with Crippen molar-refractivity contribution in [2.45, 2.75) is 39.8 Å². The molecule has 0 spiro atoms. The predicted molar refractivity (Wildman–Crippen MR) is 123 cm³/mol. The van der Waals surface area contributed by atoms with E-state index in [9.17, 15) is 8.78 Å². The first-order valence-electron chi connectivity index (χ1n) is 9.89. The van der Waals surface area contributed by atoms with Crippen molar-refractivity contribution in [3.63, 3.8) is 0 Å². The lowest BCUT2D eigenvalue weighted by atomic mass is 10.1. The van der Waals surface area contributed by atoms with Crippen LogP contribution in [-0.4, -0.2) is 57.3 Å². The summed E-state index contributed by atoms with van der Waals surface area (Å²) in [6.45, 7) is 5.97. The molecule has 2 N–H and O–H groups in total. The topological polar surface area (TPSA) is 58.1 Å². The molecule has 1 heterocycles. The van der Waals surface area contributed by atoms with Gasteiger partial charge in [-0.2, -0.15) is 8.78 Å². The van der Waals surface area contributed by atoms with Crippen LogP contribution in [0.4, 0.5) is 8.78 Å². The first-order valence-corrected chi connectivity index (χ1v) is 9.89. The largest absolute Gasteiger partial charge is 0.490 e. The number of halogens is 3. The van der Waals surface area contributed by atoms with Gasteiger partial charge in [-0.1, -0.05) is 19.1 Å². The lowest BCUT2D eigenvalue weighted by molar-refractivity contribution is -0.0520. The van der Waals surface area contributed by atoms with Crippen molar-refractivity contribution in [1.82, 2.24) is 15.5 Å². The number of hydrogen-bond acceptors (Lipinski definition) is 4. The Bertz CT molecular complexity index is 628. The molecule has 6 nitrogen and oxygen atoms in total. The van der Waals surface area contributed by atoms with Gasteiger partial charge in [0.2, 0.25) is 0 Å². The maximum atomic E-state index is 12.8. The molecule has 166 valence electrons. The molecule has 0 aromatic heterocycles. The number of benzene rings is 1. The average molecular weight is 526 g/mol. The number of alkyl halides is 2. The minimum absolute atomic E-state index is 0. The monoisotopic (exact) mass is 526 g/mol. The van der Waals surface area contributed by atoms with Gasteiger partial charge in [-0.05, 0) is 44.8 Å². The number of ether oxygens (including phenoxy) is 2. The van der Waals surface area contributed by atoms with Gasteiger partial charge in [-0.25, -0.2) is 0 Å². The van der Waals surface area contributed by atoms with E-state index in [0.717, 1.165) is 13.1 Å². The van der Waals surface area contributed by atoms with E-state index in [1.54, 1.807) is 32.2 Å². The molecule has 1 aliphatic rings. The number of nitrogens with zero attached hydrogens (tertiary/aromatic N) is 2. The van der Waals surface area contributed by atoms with E-state index in [-0.39, 0.29) is 29.7 Å². The molecule has 9 heteroatoms. The van der Waals surface area contributed by atoms with Gasteiger partial charge in [0.05, 0.1) is 6.61 Å². The third kappa shape index (κ3) is 8.90. The number of rotatable bonds is 10. The first-order chi connectivity index (χ1) is 13.5. The number of likely N-dealkylation sites (tertiary alicyclic amines) is 1. The van der Waals surface area contributed by atoms with Crippen LogP contribution in [0.2, 0.25) is 0 Å². The normalized spacial score (nSPS) is 15.7. The Balaban J connectivity index is 0.00000420. The summed E-state index contributed by atoms with van der Waals surface area (Å²) in [6, 6.07) is 5.11. The van der Waals surface area contributed by atoms with Gasteiger partial charge < -0.3 is 25.0 Å². The third-order valence-electron chi connectivity index (χ3n) is 4.62. The lowest BCUT2D eigenvalue weighted by Gasteiger charge is -2.22. The molecule has 1 atom stereocenters. The number of guanidine groups is 1. The van der Waals surface area contributed by atoms with Gasteiger partial charge in [-0.15, -0.1) is 24.0 Å². The van der Waals surface area contributed by atoms with Crippen molar-refractivity contribution in [3.05, 3.63) is 23.8 Å². The van der Waals surface area contributed by atoms with Gasteiger partial charge in [0, 0.05) is 32.2 Å². The average Bonchev–Trinajstić information content (AvgIpc) is 3.16. The summed E-state index contributed by atoms with van der Waals surface area (Å²) >= 11 is 0. The van der Waals surface area contributed by atoms with Gasteiger partial charge in [-0.3, -0.25) is 4.99 Å². The summed E-state index contributed by atoms with van der Waals surface area (Å²) in [5, 5.41) is 6.47. The van der Waals surface area contributed by atoms with Crippen molar-refractivity contribution in [2.75, 3.05) is 39.8 Å². The predicted octanol–water partition coefficient (Wildman–Crippen LogP) is 3.70. The maximum Gasteiger partial charge on any atom is 0.387 e. The summed E-state index contributed by atoms with van der Waals surface area (Å²) in [6.07, 6.45) is 2.57. The Morgan fingerprint density at radius 2 is 1.97 bits per heavy atom. The summed E-state index contributed by atoms with van der Waals surface area (Å²) in [5.41, 5.74) is 0.583. The van der Waals surface area contributed by atoms with E-state index >= 15 is 0 Å². The van der Waals surface area contributed by atoms with Crippen LogP contribution in [0.1, 0.15) is 32.3 Å². The summed E-state index contributed by atoms with van der Waals surface area (Å²) in [4.78, 5) is 6.70. The Hall–Kier alpha value is -1.36. The van der Waals surface area contributed by atoms with Crippen LogP contribution in [-0.2, 0) is 6.54 Å². The molecule has 1 unspecified atom stereocenters. The maximum absolute atomic E-state index is 12.8. The molecule has 1 saturated heterocycles. The van der Waals surface area contributed by atoms with Crippen LogP contribution in [0.3, 0.4) is 0 Å². The van der Waals surface area contributed by atoms with Crippen LogP contribution in [0.5, 0.6) is 11.5 Å². The molecule has 2 rings (SSSR count). The summed E-state index contributed by atoms with van der Waals surface area (Å²) in [5.74, 6) is 1.47. The van der Waals surface area contributed by atoms with E-state index in [0.29, 0.717) is 36.3 Å². The highest BCUT2D eigenvalue weighted by atomic mass is 127. The fraction of sp³-hybridized carbons (Fsp3) is 0.650. The Morgan fingerprint density at radius 3 is 2.59 bits per heavy atom. The highest BCUT2D eigenvalue weighted by Gasteiger charge is 2.17. The van der Waals surface area contributed by atoms with Gasteiger partial charge in [0.1, 0.15) is 0 Å². The molecule has 1 aromatic rings. The molecule has 1 fully saturated rings. The zero-order valence-corrected chi connectivity index (χ0v) is 19.7. The van der Waals surface area contributed by atoms with Crippen LogP contribution < -0.4 is 20.1 Å². The van der Waals surface area contributed by atoms with E-state index in [1.165, 1.54) is 25.9 Å². The lowest BCUT2D eigenvalue weighted by Crippen LogP contribution is -2.41. The highest BCUT2D eigenvalue weighted by Crippen LogP contribution is 2.32. The van der Waals surface area contributed by atoms with Crippen molar-refractivity contribution in [2.24, 2.45) is 10.9 Å². The van der Waals surface area contributed by atoms with Crippen LogP contribution in [0.15, 0.2) is 23.2 Å². The van der Waals surface area contributed by atoms with Gasteiger partial charge >= 0.3 is 6.61 Å². The van der Waals surface area contributed by atoms with Crippen LogP contribution in [0.25, 0.3) is 0 Å². The van der Waals surface area contributed by atoms with E-state index in [2.05, 4.69) is 27.4 Å². The van der Waals surface area contributed by atoms with Gasteiger partial charge in [0.15, 0.2) is 17.5 Å². The summed E-state index contributed by atoms with van der Waals surface area (Å²) < 4.78 is 35.8. The van der Waals surface area contributed by atoms with Crippen LogP contribution in [0, 0.1) is 5.92 Å². The van der Waals surface area contributed by atoms with Crippen molar-refractivity contribution in [3.8, 4) is 11.5 Å². The molecule has 1 aromatic carbocycles. The highest BCUT2D eigenvalue weighted by molar-refractivity contribution is 14.0. The molecule has 0 radical (unpaired) electrons. The third-order valence-corrected chi connectivity index (χ3v) is 4.62. The quantitative estimate of drug-likeness (QED) is 0.277. The molecule has 0 aliphatic carbocycles. The minimum Gasteiger partial charge on any atom is -0.490 e. The fourth-order valence-electron chi connectivity index (χ4n) is 3.33. The van der Waals surface area contributed by atoms with Crippen molar-refractivity contribution >= 4 is 29.9 Å². The number of para-hydroxylation sites is 1. The molecule has 1 aliphatic heterocycles. The zero-order valence-electron chi connectivity index (χ0n) is 17.4. The van der Waals surface area contributed by atoms with E-state index in [4.69, 9.17) is 9.47 Å². The second-order valence-corrected chi connectivity index (χ2v) is 6.98. The van der Waals surface area contributed by atoms with Crippen molar-refractivity contribution in [1.29, 1.82) is 0 Å². The minimum atomic E-state index is -2.91. The molecule has 0 amide bonds. The molecular weight excluding hydrogens is 493 g/mol. The summed E-state index contributed by atoms with van der Waals surface area (Å²) in [7, 11) is 1.69. The van der Waals surface area contributed by atoms with Crippen molar-refractivity contribution < 1.29 is 18.3 Å². The van der Waals surface area contributed by atoms with Gasteiger partial charge in [0.25, 0.3) is 0 Å². The Labute approximate surface area is 189 Å². The Morgan fingerprint density at radius 1 is 1.24 bits per heavy atom. The standard InChI is InChI=1S/C20H32F2N4O2.HI/c1-4-27-17-9-7-8-16(18(17)28-19(21)22)13-25-20(23-3)24-12-15(2)14-26-10-5-6-11-26;/h7-9,15,19H,4-6,10-14H2,1-3H3,(H2,23,24,25);1H. The molecule has 0 saturated carbocycles. The molecule has 0 bridgehead atoms. The molecular formula is C20H33F2IN4O2. The zero-order chi connectivity index (χ0) is 20.4. The molecule has 29 heavy (non-hydrogen) atoms. The smallest absolute Gasteiger partial charge is 0.387 e. The van der Waals surface area contributed by atoms with Crippen LogP contribution >= 0.6 is 24.0 Å². The van der Waals surface area contributed by atoms with E-state index in [1.807, 2.05) is 0 Å². The number of nitrogens with one attached hydrogen (secondary N) is 2. The first kappa shape index (κ1) is 25.7. The SMILES string of the molecule is CCOc1cccc(CNC(=NC)NCC(C)CN2CCCC2)c1OC(F)F.I. The second kappa shape index (κ2) is 13.8. The van der Waals surface area contributed by atoms with E-state index < -0.39 is 6.61 Å². The number of hydrogen-bond donors (Lipinski definition) is 2. The second-order valence-electron chi connectivity index (χ2n) is 6.98.